The molecule has 5 fully saturated rings. The molecule has 3 saturated heterocycles. The lowest BCUT2D eigenvalue weighted by Gasteiger charge is -2.50. The molecule has 10 heteroatoms. The van der Waals surface area contributed by atoms with Crippen LogP contribution in [0.3, 0.4) is 0 Å². The van der Waals surface area contributed by atoms with E-state index in [1.807, 2.05) is 4.90 Å². The summed E-state index contributed by atoms with van der Waals surface area (Å²) in [5, 5.41) is 15.0. The van der Waals surface area contributed by atoms with Crippen molar-refractivity contribution in [1.82, 2.24) is 19.6 Å². The highest BCUT2D eigenvalue weighted by Crippen LogP contribution is 2.35. The van der Waals surface area contributed by atoms with Gasteiger partial charge in [0.15, 0.2) is 5.69 Å². The highest BCUT2D eigenvalue weighted by molar-refractivity contribution is 6.09. The third-order valence-corrected chi connectivity index (χ3v) is 7.30. The number of hydrogen-bond acceptors (Lipinski definition) is 6. The van der Waals surface area contributed by atoms with E-state index in [0.29, 0.717) is 34.9 Å². The number of amides is 2. The number of hydrogen-bond donors (Lipinski definition) is 2. The van der Waals surface area contributed by atoms with Crippen LogP contribution in [-0.4, -0.2) is 81.1 Å². The smallest absolute Gasteiger partial charge is 0.290 e. The molecule has 1 aromatic heterocycles. The molecular weight excluding hydrogens is 438 g/mol. The van der Waals surface area contributed by atoms with Crippen molar-refractivity contribution in [3.63, 3.8) is 0 Å². The number of piperazine rings is 1. The molecule has 180 valence electrons. The van der Waals surface area contributed by atoms with E-state index in [0.717, 1.165) is 45.1 Å². The van der Waals surface area contributed by atoms with E-state index >= 15 is 0 Å². The van der Waals surface area contributed by atoms with Crippen LogP contribution in [0.15, 0.2) is 18.2 Å². The predicted octanol–water partition coefficient (Wildman–Crippen LogP) is 2.05. The summed E-state index contributed by atoms with van der Waals surface area (Å²) in [6.07, 6.45) is 5.72. The van der Waals surface area contributed by atoms with Crippen LogP contribution in [0.25, 0.3) is 10.9 Å². The van der Waals surface area contributed by atoms with Gasteiger partial charge >= 0.3 is 0 Å². The second-order valence-electron chi connectivity index (χ2n) is 9.76. The molecule has 2 N–H and O–H groups in total. The molecule has 10 nitrogen and oxygen atoms in total. The maximum atomic E-state index is 13.6. The standard InChI is InChI=1S/C23H27N5O3.CH2O2/c1-26-11-17-8-7-16(26)12-27(17)23(31)20-18-10-15(24-21(29)13-2-3-13)6-9-19(18)28(25-20)22(30)14-4-5-14;2-1-3/h6,9-10,13-14,16-17H,2-5,7-8,11-12H2,1H3,(H,24,29);1H,(H,2,3). The fourth-order valence-corrected chi connectivity index (χ4v) is 5.04. The van der Waals surface area contributed by atoms with Gasteiger partial charge in [-0.15, -0.1) is 0 Å². The molecule has 2 bridgehead atoms. The normalized spacial score (nSPS) is 23.9. The average Bonchev–Trinajstić information content (AvgIpc) is 3.74. The number of carbonyl (C=O) groups excluding carboxylic acids is 3. The van der Waals surface area contributed by atoms with E-state index in [4.69, 9.17) is 9.90 Å². The number of likely N-dealkylation sites (N-methyl/N-ethyl adjacent to an activating group) is 1. The average molecular weight is 468 g/mol. The Morgan fingerprint density at radius 2 is 1.71 bits per heavy atom. The first-order chi connectivity index (χ1) is 16.4. The lowest BCUT2D eigenvalue weighted by Crippen LogP contribution is -2.62. The third kappa shape index (κ3) is 4.18. The third-order valence-electron chi connectivity index (χ3n) is 7.30. The SMILES string of the molecule is CN1CC2CCC1CN2C(=O)c1nn(C(=O)C2CC2)c2ccc(NC(=O)C3CC3)cc12.O=CO. The molecule has 0 spiro atoms. The van der Waals surface area contributed by atoms with Crippen molar-refractivity contribution < 1.29 is 24.3 Å². The summed E-state index contributed by atoms with van der Waals surface area (Å²) in [6, 6.07) is 5.97. The highest BCUT2D eigenvalue weighted by atomic mass is 16.3. The van der Waals surface area contributed by atoms with Gasteiger partial charge in [0.1, 0.15) is 0 Å². The summed E-state index contributed by atoms with van der Waals surface area (Å²) >= 11 is 0. The zero-order valence-electron chi connectivity index (χ0n) is 19.1. The second-order valence-corrected chi connectivity index (χ2v) is 9.76. The van der Waals surface area contributed by atoms with Crippen LogP contribution in [0, 0.1) is 11.8 Å². The van der Waals surface area contributed by atoms with Crippen molar-refractivity contribution in [2.24, 2.45) is 11.8 Å². The number of piperidine rings is 2. The van der Waals surface area contributed by atoms with Crippen LogP contribution in [-0.2, 0) is 9.59 Å². The Balaban J connectivity index is 0.000000764. The van der Waals surface area contributed by atoms with Gasteiger partial charge in [0, 0.05) is 48.1 Å². The Morgan fingerprint density at radius 3 is 2.29 bits per heavy atom. The van der Waals surface area contributed by atoms with Crippen LogP contribution in [0.2, 0.25) is 0 Å². The van der Waals surface area contributed by atoms with Gasteiger partial charge in [-0.05, 0) is 63.8 Å². The van der Waals surface area contributed by atoms with Gasteiger partial charge in [-0.1, -0.05) is 0 Å². The minimum atomic E-state index is -0.250. The molecule has 7 rings (SSSR count). The van der Waals surface area contributed by atoms with Crippen LogP contribution < -0.4 is 5.32 Å². The Morgan fingerprint density at radius 1 is 1.03 bits per heavy atom. The molecule has 4 heterocycles. The van der Waals surface area contributed by atoms with Gasteiger partial charge in [0.2, 0.25) is 5.91 Å². The number of fused-ring (bicyclic) bond motifs is 4. The lowest BCUT2D eigenvalue weighted by molar-refractivity contribution is -0.123. The van der Waals surface area contributed by atoms with Crippen molar-refractivity contribution >= 4 is 40.8 Å². The van der Waals surface area contributed by atoms with E-state index in [1.165, 1.54) is 4.68 Å². The lowest BCUT2D eigenvalue weighted by atomic mass is 9.91. The maximum absolute atomic E-state index is 13.6. The molecule has 3 aliphatic heterocycles. The van der Waals surface area contributed by atoms with E-state index in [1.54, 1.807) is 18.2 Å². The Kier molecular flexibility index (Phi) is 5.85. The Bertz CT molecular complexity index is 1150. The zero-order valence-corrected chi connectivity index (χ0v) is 19.1. The summed E-state index contributed by atoms with van der Waals surface area (Å²) in [6.45, 7) is 1.32. The molecule has 5 aliphatic rings. The van der Waals surface area contributed by atoms with Gasteiger partial charge in [0.25, 0.3) is 18.3 Å². The molecule has 2 unspecified atom stereocenters. The quantitative estimate of drug-likeness (QED) is 0.660. The predicted molar refractivity (Wildman–Crippen MR) is 124 cm³/mol. The first-order valence-corrected chi connectivity index (χ1v) is 11.9. The largest absolute Gasteiger partial charge is 0.483 e. The van der Waals surface area contributed by atoms with Gasteiger partial charge in [-0.2, -0.15) is 9.78 Å². The van der Waals surface area contributed by atoms with E-state index in [2.05, 4.69) is 22.4 Å². The Labute approximate surface area is 196 Å². The number of benzene rings is 1. The minimum absolute atomic E-state index is 0.0000493. The summed E-state index contributed by atoms with van der Waals surface area (Å²) in [7, 11) is 2.12. The van der Waals surface area contributed by atoms with Gasteiger partial charge in [-0.3, -0.25) is 24.1 Å². The number of carboxylic acid groups (broad SMARTS) is 1. The van der Waals surface area contributed by atoms with Gasteiger partial charge < -0.3 is 15.3 Å². The topological polar surface area (TPSA) is 125 Å². The molecule has 2 saturated carbocycles. The van der Waals surface area contributed by atoms with E-state index in [-0.39, 0.29) is 42.1 Å². The number of rotatable bonds is 4. The molecule has 2 aliphatic carbocycles. The van der Waals surface area contributed by atoms with Crippen LogP contribution in [0.1, 0.15) is 53.8 Å². The monoisotopic (exact) mass is 467 g/mol. The van der Waals surface area contributed by atoms with Crippen molar-refractivity contribution in [3.8, 4) is 0 Å². The molecule has 2 atom stereocenters. The van der Waals surface area contributed by atoms with Crippen LogP contribution in [0.4, 0.5) is 5.69 Å². The summed E-state index contributed by atoms with van der Waals surface area (Å²) < 4.78 is 1.42. The highest BCUT2D eigenvalue weighted by Gasteiger charge is 2.41. The summed E-state index contributed by atoms with van der Waals surface area (Å²) in [5.41, 5.74) is 1.61. The summed E-state index contributed by atoms with van der Waals surface area (Å²) in [4.78, 5) is 51.4. The van der Waals surface area contributed by atoms with E-state index in [9.17, 15) is 14.4 Å². The molecule has 1 aromatic carbocycles. The van der Waals surface area contributed by atoms with Gasteiger partial charge in [0.05, 0.1) is 5.52 Å². The van der Waals surface area contributed by atoms with Crippen molar-refractivity contribution in [2.75, 3.05) is 25.5 Å². The molecule has 34 heavy (non-hydrogen) atoms. The zero-order chi connectivity index (χ0) is 24.0. The minimum Gasteiger partial charge on any atom is -0.483 e. The molecule has 2 aromatic rings. The first-order valence-electron chi connectivity index (χ1n) is 11.9. The summed E-state index contributed by atoms with van der Waals surface area (Å²) in [5.74, 6) is -0.0404. The first kappa shape index (κ1) is 22.5. The number of nitrogens with zero attached hydrogens (tertiary/aromatic N) is 4. The fourth-order valence-electron chi connectivity index (χ4n) is 5.04. The second kappa shape index (κ2) is 8.83. The molecule has 0 radical (unpaired) electrons. The molecule has 2 amide bonds. The Hall–Kier alpha value is -3.27. The number of aromatic nitrogens is 2. The number of nitrogens with one attached hydrogen (secondary N) is 1. The number of carbonyl (C=O) groups is 4. The van der Waals surface area contributed by atoms with Gasteiger partial charge in [-0.25, -0.2) is 0 Å². The van der Waals surface area contributed by atoms with Crippen molar-refractivity contribution in [1.29, 1.82) is 0 Å². The van der Waals surface area contributed by atoms with E-state index < -0.39 is 0 Å². The van der Waals surface area contributed by atoms with Crippen molar-refractivity contribution in [2.45, 2.75) is 50.6 Å². The fraction of sp³-hybridized carbons (Fsp3) is 0.542. The van der Waals surface area contributed by atoms with Crippen LogP contribution >= 0.6 is 0 Å². The maximum Gasteiger partial charge on any atom is 0.290 e. The van der Waals surface area contributed by atoms with Crippen LogP contribution in [0.5, 0.6) is 0 Å². The van der Waals surface area contributed by atoms with Crippen molar-refractivity contribution in [3.05, 3.63) is 23.9 Å². The number of anilines is 1. The molecular formula is C24H29N5O5.